The Bertz CT molecular complexity index is 826. The van der Waals surface area contributed by atoms with Gasteiger partial charge in [0.1, 0.15) is 12.4 Å². The van der Waals surface area contributed by atoms with Crippen molar-refractivity contribution in [1.82, 2.24) is 9.88 Å². The molecule has 1 aromatic carbocycles. The van der Waals surface area contributed by atoms with Crippen LogP contribution < -0.4 is 4.74 Å². The Morgan fingerprint density at radius 1 is 1.38 bits per heavy atom. The Morgan fingerprint density at radius 3 is 2.72 bits per heavy atom. The van der Waals surface area contributed by atoms with Crippen molar-refractivity contribution >= 4 is 17.3 Å². The van der Waals surface area contributed by atoms with Crippen molar-refractivity contribution in [2.75, 3.05) is 32.8 Å². The van der Waals surface area contributed by atoms with Gasteiger partial charge in [0, 0.05) is 18.5 Å². The molecule has 2 heterocycles. The molecule has 10 heteroatoms. The number of benzene rings is 1. The molecule has 0 spiro atoms. The summed E-state index contributed by atoms with van der Waals surface area (Å²) < 4.78 is 48.9. The minimum atomic E-state index is -4.51. The first-order valence-corrected chi connectivity index (χ1v) is 9.92. The van der Waals surface area contributed by atoms with Crippen molar-refractivity contribution in [3.8, 4) is 5.75 Å². The Balaban J connectivity index is 1.63. The van der Waals surface area contributed by atoms with Gasteiger partial charge in [0.05, 0.1) is 18.8 Å². The number of aliphatic hydroxyl groups excluding tert-OH is 1. The first kappa shape index (κ1) is 21.5. The van der Waals surface area contributed by atoms with E-state index in [1.807, 2.05) is 36.1 Å². The van der Waals surface area contributed by atoms with Crippen molar-refractivity contribution in [2.45, 2.75) is 25.1 Å². The summed E-state index contributed by atoms with van der Waals surface area (Å²) in [6.45, 7) is 3.07. The van der Waals surface area contributed by atoms with Gasteiger partial charge in [-0.3, -0.25) is 9.69 Å². The molecule has 3 rings (SSSR count). The molecule has 29 heavy (non-hydrogen) atoms. The number of aliphatic hydroxyl groups is 1. The standard InChI is InChI=1S/C19H21F3N2O4S/c1-12(13-2-4-14(5-3-13)27-7-6-25)8-24-9-16(28-17(26)10-24)15-11-29-18(23-15)19(20,21)22/h2-5,11-12,16,25H,6-10H2,1H3. The fourth-order valence-electron chi connectivity index (χ4n) is 3.12. The number of rotatable bonds is 7. The van der Waals surface area contributed by atoms with Crippen molar-refractivity contribution < 1.29 is 32.5 Å². The molecule has 1 aliphatic heterocycles. The van der Waals surface area contributed by atoms with E-state index in [-0.39, 0.29) is 37.9 Å². The molecule has 1 N–H and O–H groups in total. The Kier molecular flexibility index (Phi) is 6.76. The van der Waals surface area contributed by atoms with Crippen LogP contribution >= 0.6 is 11.3 Å². The van der Waals surface area contributed by atoms with E-state index in [0.717, 1.165) is 5.56 Å². The molecule has 2 aromatic rings. The summed E-state index contributed by atoms with van der Waals surface area (Å²) in [5.74, 6) is 0.248. The van der Waals surface area contributed by atoms with Gasteiger partial charge in [-0.2, -0.15) is 13.2 Å². The molecule has 0 radical (unpaired) electrons. The second-order valence-electron chi connectivity index (χ2n) is 6.79. The van der Waals surface area contributed by atoms with Crippen LogP contribution in [0.3, 0.4) is 0 Å². The van der Waals surface area contributed by atoms with Crippen LogP contribution in [0.25, 0.3) is 0 Å². The fourth-order valence-corrected chi connectivity index (χ4v) is 3.85. The molecule has 2 unspecified atom stereocenters. The third-order valence-electron chi connectivity index (χ3n) is 4.49. The third kappa shape index (κ3) is 5.68. The normalized spacial score (nSPS) is 19.1. The summed E-state index contributed by atoms with van der Waals surface area (Å²) in [4.78, 5) is 17.4. The lowest BCUT2D eigenvalue weighted by Gasteiger charge is -2.33. The van der Waals surface area contributed by atoms with Crippen LogP contribution in [-0.4, -0.2) is 53.8 Å². The van der Waals surface area contributed by atoms with E-state index < -0.39 is 23.3 Å². The van der Waals surface area contributed by atoms with E-state index in [1.54, 1.807) is 0 Å². The van der Waals surface area contributed by atoms with Crippen LogP contribution in [0.5, 0.6) is 5.75 Å². The maximum Gasteiger partial charge on any atom is 0.443 e. The van der Waals surface area contributed by atoms with E-state index in [4.69, 9.17) is 14.6 Å². The SMILES string of the molecule is CC(CN1CC(=O)OC(c2csc(C(F)(F)F)n2)C1)c1ccc(OCCO)cc1. The molecule has 2 atom stereocenters. The average molecular weight is 430 g/mol. The number of aromatic nitrogens is 1. The van der Waals surface area contributed by atoms with Gasteiger partial charge in [0.25, 0.3) is 0 Å². The van der Waals surface area contributed by atoms with Crippen LogP contribution in [0.15, 0.2) is 29.6 Å². The second kappa shape index (κ2) is 9.10. The topological polar surface area (TPSA) is 71.9 Å². The predicted molar refractivity (Wildman–Crippen MR) is 99.8 cm³/mol. The lowest BCUT2D eigenvalue weighted by molar-refractivity contribution is -0.159. The largest absolute Gasteiger partial charge is 0.491 e. The molecule has 0 aliphatic carbocycles. The molecule has 1 aliphatic rings. The number of alkyl halides is 3. The Labute approximate surface area is 169 Å². The molecule has 158 valence electrons. The second-order valence-corrected chi connectivity index (χ2v) is 7.65. The van der Waals surface area contributed by atoms with Crippen LogP contribution in [0.4, 0.5) is 13.2 Å². The highest BCUT2D eigenvalue weighted by molar-refractivity contribution is 7.09. The zero-order valence-corrected chi connectivity index (χ0v) is 16.5. The summed E-state index contributed by atoms with van der Waals surface area (Å²) in [7, 11) is 0. The van der Waals surface area contributed by atoms with Crippen LogP contribution in [0.1, 0.15) is 35.2 Å². The number of morpholine rings is 1. The fraction of sp³-hybridized carbons (Fsp3) is 0.474. The molecule has 0 bridgehead atoms. The summed E-state index contributed by atoms with van der Waals surface area (Å²) in [5.41, 5.74) is 1.16. The predicted octanol–water partition coefficient (Wildman–Crippen LogP) is 3.24. The highest BCUT2D eigenvalue weighted by Crippen LogP contribution is 2.34. The molecular formula is C19H21F3N2O4S. The average Bonchev–Trinajstić information content (AvgIpc) is 3.17. The number of carbonyl (C=O) groups is 1. The Morgan fingerprint density at radius 2 is 2.10 bits per heavy atom. The van der Waals surface area contributed by atoms with E-state index >= 15 is 0 Å². The maximum atomic E-state index is 12.8. The number of nitrogens with zero attached hydrogens (tertiary/aromatic N) is 2. The van der Waals surface area contributed by atoms with Crippen molar-refractivity contribution in [3.63, 3.8) is 0 Å². The van der Waals surface area contributed by atoms with E-state index in [1.165, 1.54) is 5.38 Å². The lowest BCUT2D eigenvalue weighted by Crippen LogP contribution is -2.43. The maximum absolute atomic E-state index is 12.8. The van der Waals surface area contributed by atoms with Crippen molar-refractivity contribution in [2.24, 2.45) is 0 Å². The first-order chi connectivity index (χ1) is 13.8. The zero-order valence-electron chi connectivity index (χ0n) is 15.7. The van der Waals surface area contributed by atoms with Gasteiger partial charge in [-0.1, -0.05) is 19.1 Å². The minimum absolute atomic E-state index is 0.0617. The molecule has 0 amide bonds. The van der Waals surface area contributed by atoms with Crippen molar-refractivity contribution in [3.05, 3.63) is 45.9 Å². The lowest BCUT2D eigenvalue weighted by atomic mass is 10.00. The monoisotopic (exact) mass is 430 g/mol. The van der Waals surface area contributed by atoms with Gasteiger partial charge in [0.15, 0.2) is 11.1 Å². The van der Waals surface area contributed by atoms with Crippen LogP contribution in [0.2, 0.25) is 0 Å². The molecule has 1 saturated heterocycles. The van der Waals surface area contributed by atoms with Gasteiger partial charge >= 0.3 is 12.1 Å². The smallest absolute Gasteiger partial charge is 0.443 e. The summed E-state index contributed by atoms with van der Waals surface area (Å²) >= 11 is 0.497. The van der Waals surface area contributed by atoms with E-state index in [0.29, 0.717) is 23.6 Å². The quantitative estimate of drug-likeness (QED) is 0.680. The molecular weight excluding hydrogens is 409 g/mol. The summed E-state index contributed by atoms with van der Waals surface area (Å²) in [6.07, 6.45) is -5.33. The number of thiazole rings is 1. The van der Waals surface area contributed by atoms with Crippen LogP contribution in [0, 0.1) is 0 Å². The first-order valence-electron chi connectivity index (χ1n) is 9.04. The number of hydrogen-bond donors (Lipinski definition) is 1. The van der Waals surface area contributed by atoms with Gasteiger partial charge < -0.3 is 14.6 Å². The summed E-state index contributed by atoms with van der Waals surface area (Å²) in [5, 5.41) is 9.13. The number of halogens is 3. The highest BCUT2D eigenvalue weighted by atomic mass is 32.1. The minimum Gasteiger partial charge on any atom is -0.491 e. The number of cyclic esters (lactones) is 1. The number of ether oxygens (including phenoxy) is 2. The summed E-state index contributed by atoms with van der Waals surface area (Å²) in [6, 6.07) is 7.44. The molecule has 0 saturated carbocycles. The molecule has 6 nitrogen and oxygen atoms in total. The van der Waals surface area contributed by atoms with Gasteiger partial charge in [0.2, 0.25) is 0 Å². The Hall–Kier alpha value is -2.17. The van der Waals surface area contributed by atoms with E-state index in [9.17, 15) is 18.0 Å². The van der Waals surface area contributed by atoms with Gasteiger partial charge in [-0.05, 0) is 23.6 Å². The van der Waals surface area contributed by atoms with E-state index in [2.05, 4.69) is 4.98 Å². The highest BCUT2D eigenvalue weighted by Gasteiger charge is 2.37. The molecule has 1 aromatic heterocycles. The number of carbonyl (C=O) groups excluding carboxylic acids is 1. The number of esters is 1. The molecule has 1 fully saturated rings. The number of hydrogen-bond acceptors (Lipinski definition) is 7. The van der Waals surface area contributed by atoms with Crippen molar-refractivity contribution in [1.29, 1.82) is 0 Å². The van der Waals surface area contributed by atoms with Gasteiger partial charge in [-0.15, -0.1) is 11.3 Å². The van der Waals surface area contributed by atoms with Gasteiger partial charge in [-0.25, -0.2) is 4.98 Å². The van der Waals surface area contributed by atoms with Crippen LogP contribution in [-0.2, 0) is 15.7 Å². The third-order valence-corrected chi connectivity index (χ3v) is 5.39. The zero-order chi connectivity index (χ0) is 21.0.